The Hall–Kier alpha value is -1.52. The van der Waals surface area contributed by atoms with Gasteiger partial charge in [-0.15, -0.1) is 0 Å². The van der Waals surface area contributed by atoms with Gasteiger partial charge in [-0.2, -0.15) is 0 Å². The van der Waals surface area contributed by atoms with E-state index in [1.807, 2.05) is 13.8 Å². The van der Waals surface area contributed by atoms with Crippen LogP contribution in [0.3, 0.4) is 0 Å². The molecule has 1 aromatic rings. The average molecular weight is 196 g/mol. The number of ether oxygens (including phenoxy) is 1. The van der Waals surface area contributed by atoms with Gasteiger partial charge in [0.25, 0.3) is 0 Å². The SMILES string of the molecule is Cc1noc2c1NC(=O)OC(C)(C)C2. The lowest BCUT2D eigenvalue weighted by molar-refractivity contribution is 0.0474. The maximum atomic E-state index is 11.3. The molecular formula is C9H12N2O3. The summed E-state index contributed by atoms with van der Waals surface area (Å²) >= 11 is 0. The molecule has 0 spiro atoms. The van der Waals surface area contributed by atoms with Crippen molar-refractivity contribution in [2.24, 2.45) is 0 Å². The Kier molecular flexibility index (Phi) is 1.77. The Labute approximate surface area is 81.4 Å². The van der Waals surface area contributed by atoms with Crippen LogP contribution < -0.4 is 5.32 Å². The smallest absolute Gasteiger partial charge is 0.412 e. The zero-order chi connectivity index (χ0) is 10.3. The lowest BCUT2D eigenvalue weighted by Gasteiger charge is -2.20. The Morgan fingerprint density at radius 3 is 2.93 bits per heavy atom. The fourth-order valence-corrected chi connectivity index (χ4v) is 1.50. The van der Waals surface area contributed by atoms with E-state index in [9.17, 15) is 4.79 Å². The molecule has 1 aliphatic heterocycles. The molecule has 1 amide bonds. The normalized spacial score (nSPS) is 19.2. The number of carbonyl (C=O) groups excluding carboxylic acids is 1. The number of nitrogens with zero attached hydrogens (tertiary/aromatic N) is 1. The molecule has 14 heavy (non-hydrogen) atoms. The maximum absolute atomic E-state index is 11.3. The minimum Gasteiger partial charge on any atom is -0.443 e. The van der Waals surface area contributed by atoms with Crippen LogP contribution in [-0.4, -0.2) is 16.9 Å². The van der Waals surface area contributed by atoms with Gasteiger partial charge in [-0.3, -0.25) is 5.32 Å². The number of amides is 1. The maximum Gasteiger partial charge on any atom is 0.412 e. The Morgan fingerprint density at radius 2 is 2.21 bits per heavy atom. The minimum atomic E-state index is -0.554. The number of carbonyl (C=O) groups is 1. The monoisotopic (exact) mass is 196 g/mol. The molecule has 1 N–H and O–H groups in total. The number of hydrogen-bond donors (Lipinski definition) is 1. The van der Waals surface area contributed by atoms with Gasteiger partial charge in [-0.05, 0) is 20.8 Å². The molecule has 0 saturated heterocycles. The quantitative estimate of drug-likeness (QED) is 0.687. The lowest BCUT2D eigenvalue weighted by Crippen LogP contribution is -2.29. The molecule has 1 aliphatic rings. The molecule has 0 unspecified atom stereocenters. The standard InChI is InChI=1S/C9H12N2O3/c1-5-7-6(14-11-5)4-9(2,3)13-8(12)10-7/h4H2,1-3H3,(H,10,12). The minimum absolute atomic E-state index is 0.458. The van der Waals surface area contributed by atoms with E-state index in [1.54, 1.807) is 6.92 Å². The third-order valence-electron chi connectivity index (χ3n) is 2.12. The van der Waals surface area contributed by atoms with E-state index in [-0.39, 0.29) is 0 Å². The summed E-state index contributed by atoms with van der Waals surface area (Å²) < 4.78 is 10.3. The van der Waals surface area contributed by atoms with Crippen LogP contribution in [0.2, 0.25) is 0 Å². The van der Waals surface area contributed by atoms with Crippen molar-refractivity contribution >= 4 is 11.8 Å². The second kappa shape index (κ2) is 2.73. The molecule has 2 heterocycles. The summed E-state index contributed by atoms with van der Waals surface area (Å²) in [6, 6.07) is 0. The first kappa shape index (κ1) is 9.05. The number of aryl methyl sites for hydroxylation is 1. The highest BCUT2D eigenvalue weighted by Crippen LogP contribution is 2.29. The van der Waals surface area contributed by atoms with E-state index >= 15 is 0 Å². The molecule has 5 nitrogen and oxygen atoms in total. The van der Waals surface area contributed by atoms with Crippen molar-refractivity contribution in [2.75, 3.05) is 5.32 Å². The first-order chi connectivity index (χ1) is 6.48. The fourth-order valence-electron chi connectivity index (χ4n) is 1.50. The molecule has 0 aliphatic carbocycles. The highest BCUT2D eigenvalue weighted by Gasteiger charge is 2.32. The first-order valence-electron chi connectivity index (χ1n) is 4.43. The first-order valence-corrected chi connectivity index (χ1v) is 4.43. The number of hydrogen-bond acceptors (Lipinski definition) is 4. The third-order valence-corrected chi connectivity index (χ3v) is 2.12. The van der Waals surface area contributed by atoms with Gasteiger partial charge in [-0.1, -0.05) is 5.16 Å². The van der Waals surface area contributed by atoms with Crippen LogP contribution in [-0.2, 0) is 11.2 Å². The highest BCUT2D eigenvalue weighted by atomic mass is 16.6. The van der Waals surface area contributed by atoms with Crippen molar-refractivity contribution in [3.63, 3.8) is 0 Å². The Morgan fingerprint density at radius 1 is 1.50 bits per heavy atom. The molecule has 0 atom stereocenters. The average Bonchev–Trinajstić information content (AvgIpc) is 2.31. The summed E-state index contributed by atoms with van der Waals surface area (Å²) in [5.41, 5.74) is 0.761. The predicted molar refractivity (Wildman–Crippen MR) is 49.1 cm³/mol. The Balaban J connectivity index is 2.44. The molecule has 0 fully saturated rings. The van der Waals surface area contributed by atoms with E-state index < -0.39 is 11.7 Å². The summed E-state index contributed by atoms with van der Waals surface area (Å²) in [5, 5.41) is 6.40. The topological polar surface area (TPSA) is 64.4 Å². The summed E-state index contributed by atoms with van der Waals surface area (Å²) in [6.45, 7) is 5.44. The summed E-state index contributed by atoms with van der Waals surface area (Å²) in [4.78, 5) is 11.3. The molecule has 0 aromatic carbocycles. The highest BCUT2D eigenvalue weighted by molar-refractivity contribution is 5.87. The van der Waals surface area contributed by atoms with E-state index in [0.29, 0.717) is 23.6 Å². The zero-order valence-electron chi connectivity index (χ0n) is 8.38. The summed E-state index contributed by atoms with van der Waals surface area (Å²) in [6.07, 6.45) is 0.0714. The van der Waals surface area contributed by atoms with E-state index in [1.165, 1.54) is 0 Å². The van der Waals surface area contributed by atoms with Gasteiger partial charge in [0.15, 0.2) is 5.76 Å². The van der Waals surface area contributed by atoms with Crippen LogP contribution in [0, 0.1) is 6.92 Å². The number of rotatable bonds is 0. The second-order valence-electron chi connectivity index (χ2n) is 4.02. The molecule has 0 bridgehead atoms. The van der Waals surface area contributed by atoms with E-state index in [0.717, 1.165) is 0 Å². The van der Waals surface area contributed by atoms with Crippen molar-refractivity contribution in [1.29, 1.82) is 0 Å². The van der Waals surface area contributed by atoms with Gasteiger partial charge < -0.3 is 9.26 Å². The van der Waals surface area contributed by atoms with Crippen molar-refractivity contribution in [1.82, 2.24) is 5.16 Å². The number of aromatic nitrogens is 1. The van der Waals surface area contributed by atoms with Crippen LogP contribution >= 0.6 is 0 Å². The molecule has 5 heteroatoms. The predicted octanol–water partition coefficient (Wildman–Crippen LogP) is 1.87. The zero-order valence-corrected chi connectivity index (χ0v) is 8.38. The van der Waals surface area contributed by atoms with Gasteiger partial charge in [0.05, 0.1) is 6.42 Å². The van der Waals surface area contributed by atoms with E-state index in [4.69, 9.17) is 9.26 Å². The Bertz CT molecular complexity index is 381. The lowest BCUT2D eigenvalue weighted by atomic mass is 10.0. The van der Waals surface area contributed by atoms with Gasteiger partial charge in [0.1, 0.15) is 17.0 Å². The van der Waals surface area contributed by atoms with Crippen LogP contribution in [0.15, 0.2) is 4.52 Å². The molecule has 76 valence electrons. The molecular weight excluding hydrogens is 184 g/mol. The number of cyclic esters (lactones) is 1. The van der Waals surface area contributed by atoms with Crippen molar-refractivity contribution in [3.05, 3.63) is 11.5 Å². The van der Waals surface area contributed by atoms with Crippen LogP contribution in [0.4, 0.5) is 10.5 Å². The van der Waals surface area contributed by atoms with E-state index in [2.05, 4.69) is 10.5 Å². The van der Waals surface area contributed by atoms with Crippen molar-refractivity contribution in [3.8, 4) is 0 Å². The van der Waals surface area contributed by atoms with Gasteiger partial charge in [-0.25, -0.2) is 4.79 Å². The van der Waals surface area contributed by atoms with Gasteiger partial charge in [0.2, 0.25) is 0 Å². The number of anilines is 1. The molecule has 2 rings (SSSR count). The van der Waals surface area contributed by atoms with Gasteiger partial charge >= 0.3 is 6.09 Å². The summed E-state index contributed by atoms with van der Waals surface area (Å²) in [5.74, 6) is 0.665. The van der Waals surface area contributed by atoms with Gasteiger partial charge in [0, 0.05) is 0 Å². The largest absolute Gasteiger partial charge is 0.443 e. The fraction of sp³-hybridized carbons (Fsp3) is 0.556. The van der Waals surface area contributed by atoms with Crippen molar-refractivity contribution in [2.45, 2.75) is 32.8 Å². The van der Waals surface area contributed by atoms with Crippen molar-refractivity contribution < 1.29 is 14.1 Å². The summed E-state index contributed by atoms with van der Waals surface area (Å²) in [7, 11) is 0. The van der Waals surface area contributed by atoms with Crippen LogP contribution in [0.25, 0.3) is 0 Å². The third kappa shape index (κ3) is 1.45. The molecule has 0 saturated carbocycles. The number of fused-ring (bicyclic) bond motifs is 1. The molecule has 0 radical (unpaired) electrons. The second-order valence-corrected chi connectivity index (χ2v) is 4.02. The molecule has 1 aromatic heterocycles. The van der Waals surface area contributed by atoms with Crippen LogP contribution in [0.5, 0.6) is 0 Å². The van der Waals surface area contributed by atoms with Crippen LogP contribution in [0.1, 0.15) is 25.3 Å². The number of nitrogens with one attached hydrogen (secondary N) is 1.